The van der Waals surface area contributed by atoms with Crippen LogP contribution in [0.5, 0.6) is 0 Å². The van der Waals surface area contributed by atoms with Gasteiger partial charge in [0.05, 0.1) is 12.5 Å². The van der Waals surface area contributed by atoms with Crippen molar-refractivity contribution in [2.45, 2.75) is 39.2 Å². The van der Waals surface area contributed by atoms with Crippen molar-refractivity contribution in [3.05, 3.63) is 12.5 Å². The molecule has 1 aliphatic carbocycles. The molecular formula is C10H17N3. The van der Waals surface area contributed by atoms with Crippen LogP contribution in [0.1, 0.15) is 33.1 Å². The molecule has 0 aromatic carbocycles. The molecule has 1 aromatic rings. The van der Waals surface area contributed by atoms with Gasteiger partial charge in [-0.15, -0.1) is 0 Å². The molecule has 72 valence electrons. The molecule has 1 heterocycles. The monoisotopic (exact) mass is 179 g/mol. The zero-order valence-corrected chi connectivity index (χ0v) is 8.30. The first-order valence-corrected chi connectivity index (χ1v) is 4.91. The van der Waals surface area contributed by atoms with Crippen LogP contribution in [0.25, 0.3) is 0 Å². The number of imidazole rings is 1. The zero-order valence-electron chi connectivity index (χ0n) is 8.30. The van der Waals surface area contributed by atoms with Gasteiger partial charge in [-0.05, 0) is 24.7 Å². The SMILES string of the molecule is CC1(C)CCC(Nc2cnc[nH]2)C1. The van der Waals surface area contributed by atoms with Crippen LogP contribution < -0.4 is 5.32 Å². The Morgan fingerprint density at radius 2 is 2.46 bits per heavy atom. The molecule has 1 aromatic heterocycles. The highest BCUT2D eigenvalue weighted by Gasteiger charge is 2.30. The molecule has 3 nitrogen and oxygen atoms in total. The fraction of sp³-hybridized carbons (Fsp3) is 0.700. The third kappa shape index (κ3) is 2.02. The highest BCUT2D eigenvalue weighted by Crippen LogP contribution is 2.37. The Bertz CT molecular complexity index is 264. The van der Waals surface area contributed by atoms with Crippen LogP contribution in [-0.4, -0.2) is 16.0 Å². The number of nitrogens with one attached hydrogen (secondary N) is 2. The van der Waals surface area contributed by atoms with Gasteiger partial charge in [0.1, 0.15) is 5.82 Å². The molecule has 2 rings (SSSR count). The normalized spacial score (nSPS) is 26.2. The first-order valence-electron chi connectivity index (χ1n) is 4.91. The second-order valence-electron chi connectivity index (χ2n) is 4.71. The van der Waals surface area contributed by atoms with E-state index in [1.54, 1.807) is 6.33 Å². The summed E-state index contributed by atoms with van der Waals surface area (Å²) in [4.78, 5) is 7.05. The van der Waals surface area contributed by atoms with E-state index in [4.69, 9.17) is 0 Å². The highest BCUT2D eigenvalue weighted by atomic mass is 15.1. The summed E-state index contributed by atoms with van der Waals surface area (Å²) in [6.07, 6.45) is 7.39. The van der Waals surface area contributed by atoms with E-state index in [0.717, 1.165) is 5.82 Å². The van der Waals surface area contributed by atoms with Gasteiger partial charge in [0, 0.05) is 6.04 Å². The van der Waals surface area contributed by atoms with Crippen molar-refractivity contribution in [2.75, 3.05) is 5.32 Å². The van der Waals surface area contributed by atoms with Gasteiger partial charge in [-0.3, -0.25) is 0 Å². The summed E-state index contributed by atoms with van der Waals surface area (Å²) in [5, 5.41) is 3.46. The molecule has 1 fully saturated rings. The summed E-state index contributed by atoms with van der Waals surface area (Å²) in [6.45, 7) is 4.67. The zero-order chi connectivity index (χ0) is 9.31. The van der Waals surface area contributed by atoms with Crippen LogP contribution in [0.2, 0.25) is 0 Å². The second kappa shape index (κ2) is 3.05. The van der Waals surface area contributed by atoms with Gasteiger partial charge in [0.15, 0.2) is 0 Å². The Labute approximate surface area is 79.0 Å². The quantitative estimate of drug-likeness (QED) is 0.732. The maximum absolute atomic E-state index is 3.98. The molecular weight excluding hydrogens is 162 g/mol. The van der Waals surface area contributed by atoms with E-state index in [9.17, 15) is 0 Å². The van der Waals surface area contributed by atoms with E-state index in [0.29, 0.717) is 11.5 Å². The van der Waals surface area contributed by atoms with E-state index in [-0.39, 0.29) is 0 Å². The van der Waals surface area contributed by atoms with Gasteiger partial charge < -0.3 is 10.3 Å². The average Bonchev–Trinajstić information content (AvgIpc) is 2.61. The Morgan fingerprint density at radius 3 is 3.00 bits per heavy atom. The number of hydrogen-bond donors (Lipinski definition) is 2. The van der Waals surface area contributed by atoms with Gasteiger partial charge in [-0.2, -0.15) is 0 Å². The van der Waals surface area contributed by atoms with Crippen molar-refractivity contribution in [3.8, 4) is 0 Å². The Morgan fingerprint density at radius 1 is 1.62 bits per heavy atom. The van der Waals surface area contributed by atoms with Crippen molar-refractivity contribution >= 4 is 5.82 Å². The molecule has 1 atom stereocenters. The van der Waals surface area contributed by atoms with Gasteiger partial charge >= 0.3 is 0 Å². The van der Waals surface area contributed by atoms with E-state index in [1.807, 2.05) is 6.20 Å². The summed E-state index contributed by atoms with van der Waals surface area (Å²) >= 11 is 0. The third-order valence-electron chi connectivity index (χ3n) is 2.83. The lowest BCUT2D eigenvalue weighted by Gasteiger charge is -2.17. The smallest absolute Gasteiger partial charge is 0.123 e. The van der Waals surface area contributed by atoms with Crippen LogP contribution in [0.3, 0.4) is 0 Å². The second-order valence-corrected chi connectivity index (χ2v) is 4.71. The summed E-state index contributed by atoms with van der Waals surface area (Å²) in [7, 11) is 0. The standard InChI is InChI=1S/C10H17N3/c1-10(2)4-3-8(5-10)13-9-6-11-7-12-9/h6-8,13H,3-5H2,1-2H3,(H,11,12). The molecule has 0 radical (unpaired) electrons. The van der Waals surface area contributed by atoms with Crippen LogP contribution in [0.4, 0.5) is 5.82 Å². The Balaban J connectivity index is 1.91. The predicted molar refractivity (Wildman–Crippen MR) is 53.6 cm³/mol. The summed E-state index contributed by atoms with van der Waals surface area (Å²) in [6, 6.07) is 0.621. The number of aromatic nitrogens is 2. The number of anilines is 1. The largest absolute Gasteiger partial charge is 0.368 e. The fourth-order valence-electron chi connectivity index (χ4n) is 2.11. The van der Waals surface area contributed by atoms with Crippen LogP contribution in [0, 0.1) is 5.41 Å². The molecule has 3 heteroatoms. The van der Waals surface area contributed by atoms with E-state index in [2.05, 4.69) is 29.1 Å². The lowest BCUT2D eigenvalue weighted by Crippen LogP contribution is -2.17. The van der Waals surface area contributed by atoms with Gasteiger partial charge in [-0.25, -0.2) is 4.98 Å². The molecule has 0 spiro atoms. The minimum Gasteiger partial charge on any atom is -0.368 e. The first-order chi connectivity index (χ1) is 6.16. The number of rotatable bonds is 2. The van der Waals surface area contributed by atoms with Gasteiger partial charge in [0.25, 0.3) is 0 Å². The van der Waals surface area contributed by atoms with Crippen molar-refractivity contribution < 1.29 is 0 Å². The maximum Gasteiger partial charge on any atom is 0.123 e. The summed E-state index contributed by atoms with van der Waals surface area (Å²) in [5.74, 6) is 1.04. The lowest BCUT2D eigenvalue weighted by atomic mass is 9.92. The number of hydrogen-bond acceptors (Lipinski definition) is 2. The van der Waals surface area contributed by atoms with E-state index in [1.165, 1.54) is 19.3 Å². The number of H-pyrrole nitrogens is 1. The van der Waals surface area contributed by atoms with Crippen LogP contribution >= 0.6 is 0 Å². The molecule has 1 aliphatic rings. The van der Waals surface area contributed by atoms with Crippen molar-refractivity contribution in [3.63, 3.8) is 0 Å². The molecule has 1 unspecified atom stereocenters. The fourth-order valence-corrected chi connectivity index (χ4v) is 2.11. The lowest BCUT2D eigenvalue weighted by molar-refractivity contribution is 0.378. The molecule has 1 saturated carbocycles. The highest BCUT2D eigenvalue weighted by molar-refractivity contribution is 5.32. The third-order valence-corrected chi connectivity index (χ3v) is 2.83. The van der Waals surface area contributed by atoms with Gasteiger partial charge in [0.2, 0.25) is 0 Å². The maximum atomic E-state index is 3.98. The molecule has 0 saturated heterocycles. The summed E-state index contributed by atoms with van der Waals surface area (Å²) < 4.78 is 0. The van der Waals surface area contributed by atoms with Crippen molar-refractivity contribution in [1.29, 1.82) is 0 Å². The molecule has 0 aliphatic heterocycles. The van der Waals surface area contributed by atoms with Crippen molar-refractivity contribution in [2.24, 2.45) is 5.41 Å². The average molecular weight is 179 g/mol. The molecule has 13 heavy (non-hydrogen) atoms. The molecule has 0 bridgehead atoms. The minimum atomic E-state index is 0.512. The van der Waals surface area contributed by atoms with Crippen LogP contribution in [-0.2, 0) is 0 Å². The molecule has 0 amide bonds. The minimum absolute atomic E-state index is 0.512. The summed E-state index contributed by atoms with van der Waals surface area (Å²) in [5.41, 5.74) is 0.512. The van der Waals surface area contributed by atoms with Gasteiger partial charge in [-0.1, -0.05) is 13.8 Å². The molecule has 2 N–H and O–H groups in total. The Kier molecular flexibility index (Phi) is 2.02. The topological polar surface area (TPSA) is 40.7 Å². The Hall–Kier alpha value is -0.990. The van der Waals surface area contributed by atoms with Crippen molar-refractivity contribution in [1.82, 2.24) is 9.97 Å². The van der Waals surface area contributed by atoms with E-state index >= 15 is 0 Å². The first kappa shape index (κ1) is 8.60. The number of aromatic amines is 1. The van der Waals surface area contributed by atoms with Crippen LogP contribution in [0.15, 0.2) is 12.5 Å². The number of nitrogens with zero attached hydrogens (tertiary/aromatic N) is 1. The van der Waals surface area contributed by atoms with E-state index < -0.39 is 0 Å². The predicted octanol–water partition coefficient (Wildman–Crippen LogP) is 2.40.